The molecule has 122 valence electrons. The minimum atomic E-state index is 0.757. The first-order valence-electron chi connectivity index (χ1n) is 9.33. The summed E-state index contributed by atoms with van der Waals surface area (Å²) in [5.41, 5.74) is 1.49. The van der Waals surface area contributed by atoms with Gasteiger partial charge in [-0.1, -0.05) is 48.9 Å². The smallest absolute Gasteiger partial charge is 0.0243 e. The van der Waals surface area contributed by atoms with E-state index in [2.05, 4.69) is 52.3 Å². The van der Waals surface area contributed by atoms with E-state index in [1.807, 2.05) is 0 Å². The van der Waals surface area contributed by atoms with Crippen molar-refractivity contribution < 1.29 is 0 Å². The van der Waals surface area contributed by atoms with Crippen LogP contribution in [-0.4, -0.2) is 42.0 Å². The van der Waals surface area contributed by atoms with Gasteiger partial charge < -0.3 is 4.90 Å². The average molecular weight is 308 g/mol. The number of nitrogens with zero attached hydrogens (tertiary/aromatic N) is 2. The predicted molar refractivity (Wildman–Crippen MR) is 97.7 cm³/mol. The second-order valence-electron chi connectivity index (χ2n) is 7.27. The second-order valence-corrected chi connectivity index (χ2v) is 7.27. The number of likely N-dealkylation sites (tertiary alicyclic amines) is 2. The van der Waals surface area contributed by atoms with Crippen molar-refractivity contribution in [3.05, 3.63) is 48.0 Å². The standard InChI is InChI=1S/C21H28N2/c1-4-13-22(14-5-1)17-20-11-7-15-23(20)16-19-10-6-9-18-8-2-3-12-21(18)19/h2-3,6,8-10,12,20H,1,4-5,7,11,13-17H2. The summed E-state index contributed by atoms with van der Waals surface area (Å²) in [7, 11) is 0. The van der Waals surface area contributed by atoms with Crippen molar-refractivity contribution in [1.82, 2.24) is 9.80 Å². The number of hydrogen-bond acceptors (Lipinski definition) is 2. The number of fused-ring (bicyclic) bond motifs is 1. The van der Waals surface area contributed by atoms with Gasteiger partial charge in [-0.05, 0) is 61.7 Å². The molecule has 4 rings (SSSR count). The minimum Gasteiger partial charge on any atom is -0.302 e. The van der Waals surface area contributed by atoms with Gasteiger partial charge in [-0.2, -0.15) is 0 Å². The van der Waals surface area contributed by atoms with Crippen LogP contribution in [0.1, 0.15) is 37.7 Å². The lowest BCUT2D eigenvalue weighted by atomic mass is 10.0. The van der Waals surface area contributed by atoms with Crippen LogP contribution >= 0.6 is 0 Å². The highest BCUT2D eigenvalue weighted by atomic mass is 15.2. The molecule has 0 saturated carbocycles. The Morgan fingerprint density at radius 2 is 1.65 bits per heavy atom. The Morgan fingerprint density at radius 3 is 2.57 bits per heavy atom. The fourth-order valence-corrected chi connectivity index (χ4v) is 4.40. The highest BCUT2D eigenvalue weighted by Crippen LogP contribution is 2.25. The molecule has 0 N–H and O–H groups in total. The van der Waals surface area contributed by atoms with Crippen LogP contribution in [0.2, 0.25) is 0 Å². The summed E-state index contributed by atoms with van der Waals surface area (Å²) in [6, 6.07) is 16.3. The Kier molecular flexibility index (Phi) is 4.63. The first kappa shape index (κ1) is 15.2. The Hall–Kier alpha value is -1.38. The van der Waals surface area contributed by atoms with Crippen LogP contribution in [0.5, 0.6) is 0 Å². The van der Waals surface area contributed by atoms with E-state index in [4.69, 9.17) is 0 Å². The molecule has 0 aliphatic carbocycles. The third-order valence-electron chi connectivity index (χ3n) is 5.67. The van der Waals surface area contributed by atoms with Crippen LogP contribution in [0.4, 0.5) is 0 Å². The first-order chi connectivity index (χ1) is 11.4. The molecular formula is C21H28N2. The fourth-order valence-electron chi connectivity index (χ4n) is 4.40. The summed E-state index contributed by atoms with van der Waals surface area (Å²) in [6.45, 7) is 6.30. The van der Waals surface area contributed by atoms with Crippen molar-refractivity contribution in [1.29, 1.82) is 0 Å². The van der Waals surface area contributed by atoms with Gasteiger partial charge in [-0.3, -0.25) is 4.90 Å². The molecule has 2 aliphatic rings. The van der Waals surface area contributed by atoms with Crippen LogP contribution in [0, 0.1) is 0 Å². The van der Waals surface area contributed by atoms with E-state index >= 15 is 0 Å². The van der Waals surface area contributed by atoms with Crippen LogP contribution in [0.15, 0.2) is 42.5 Å². The monoisotopic (exact) mass is 308 g/mol. The topological polar surface area (TPSA) is 6.48 Å². The van der Waals surface area contributed by atoms with Gasteiger partial charge in [0.15, 0.2) is 0 Å². The molecule has 1 unspecified atom stereocenters. The molecule has 0 spiro atoms. The quantitative estimate of drug-likeness (QED) is 0.831. The van der Waals surface area contributed by atoms with Crippen molar-refractivity contribution in [2.75, 3.05) is 26.2 Å². The fraction of sp³-hybridized carbons (Fsp3) is 0.524. The summed E-state index contributed by atoms with van der Waals surface area (Å²) < 4.78 is 0. The zero-order valence-electron chi connectivity index (χ0n) is 14.1. The Morgan fingerprint density at radius 1 is 0.826 bits per heavy atom. The summed E-state index contributed by atoms with van der Waals surface area (Å²) >= 11 is 0. The molecule has 2 heterocycles. The van der Waals surface area contributed by atoms with Gasteiger partial charge in [0.25, 0.3) is 0 Å². The number of benzene rings is 2. The molecule has 2 aliphatic heterocycles. The van der Waals surface area contributed by atoms with Gasteiger partial charge >= 0.3 is 0 Å². The molecule has 2 aromatic carbocycles. The molecule has 0 amide bonds. The van der Waals surface area contributed by atoms with Crippen LogP contribution in [0.3, 0.4) is 0 Å². The SMILES string of the molecule is c1ccc2c(CN3CCCC3CN3CCCCC3)cccc2c1. The van der Waals surface area contributed by atoms with Gasteiger partial charge in [-0.15, -0.1) is 0 Å². The van der Waals surface area contributed by atoms with Gasteiger partial charge in [-0.25, -0.2) is 0 Å². The molecule has 2 heteroatoms. The van der Waals surface area contributed by atoms with Crippen molar-refractivity contribution >= 4 is 10.8 Å². The van der Waals surface area contributed by atoms with Crippen LogP contribution in [-0.2, 0) is 6.54 Å². The molecule has 1 atom stereocenters. The molecule has 2 saturated heterocycles. The van der Waals surface area contributed by atoms with Gasteiger partial charge in [0.1, 0.15) is 0 Å². The van der Waals surface area contributed by atoms with E-state index in [9.17, 15) is 0 Å². The zero-order chi connectivity index (χ0) is 15.5. The van der Waals surface area contributed by atoms with E-state index in [-0.39, 0.29) is 0 Å². The van der Waals surface area contributed by atoms with E-state index in [1.165, 1.54) is 74.6 Å². The molecule has 23 heavy (non-hydrogen) atoms. The number of rotatable bonds is 4. The van der Waals surface area contributed by atoms with Crippen molar-refractivity contribution in [3.8, 4) is 0 Å². The molecule has 0 bridgehead atoms. The lowest BCUT2D eigenvalue weighted by Crippen LogP contribution is -2.42. The summed E-state index contributed by atoms with van der Waals surface area (Å²) in [4.78, 5) is 5.44. The molecule has 0 aromatic heterocycles. The lowest BCUT2D eigenvalue weighted by Gasteiger charge is -2.33. The maximum Gasteiger partial charge on any atom is 0.0243 e. The maximum atomic E-state index is 2.73. The van der Waals surface area contributed by atoms with E-state index in [0.29, 0.717) is 0 Å². The van der Waals surface area contributed by atoms with Crippen LogP contribution < -0.4 is 0 Å². The Labute approximate surface area is 140 Å². The third kappa shape index (κ3) is 3.44. The average Bonchev–Trinajstić information content (AvgIpc) is 3.03. The molecule has 2 fully saturated rings. The largest absolute Gasteiger partial charge is 0.302 e. The van der Waals surface area contributed by atoms with Crippen molar-refractivity contribution in [2.24, 2.45) is 0 Å². The molecule has 2 aromatic rings. The van der Waals surface area contributed by atoms with Gasteiger partial charge in [0.2, 0.25) is 0 Å². The summed E-state index contributed by atoms with van der Waals surface area (Å²) in [6.07, 6.45) is 6.97. The van der Waals surface area contributed by atoms with Crippen LogP contribution in [0.25, 0.3) is 10.8 Å². The maximum absolute atomic E-state index is 2.73. The molecular weight excluding hydrogens is 280 g/mol. The van der Waals surface area contributed by atoms with E-state index < -0.39 is 0 Å². The number of hydrogen-bond donors (Lipinski definition) is 0. The van der Waals surface area contributed by atoms with E-state index in [1.54, 1.807) is 0 Å². The summed E-state index contributed by atoms with van der Waals surface area (Å²) in [5.74, 6) is 0. The van der Waals surface area contributed by atoms with Crippen molar-refractivity contribution in [3.63, 3.8) is 0 Å². The highest BCUT2D eigenvalue weighted by molar-refractivity contribution is 5.85. The molecule has 0 radical (unpaired) electrons. The first-order valence-corrected chi connectivity index (χ1v) is 9.33. The highest BCUT2D eigenvalue weighted by Gasteiger charge is 2.27. The zero-order valence-corrected chi connectivity index (χ0v) is 14.1. The number of piperidine rings is 1. The van der Waals surface area contributed by atoms with E-state index in [0.717, 1.165) is 12.6 Å². The summed E-state index contributed by atoms with van der Waals surface area (Å²) in [5, 5.41) is 2.80. The Balaban J connectivity index is 1.48. The normalized spacial score (nSPS) is 23.6. The third-order valence-corrected chi connectivity index (χ3v) is 5.67. The lowest BCUT2D eigenvalue weighted by molar-refractivity contribution is 0.149. The minimum absolute atomic E-state index is 0.757. The van der Waals surface area contributed by atoms with Crippen molar-refractivity contribution in [2.45, 2.75) is 44.7 Å². The predicted octanol–water partition coefficient (Wildman–Crippen LogP) is 4.29. The Bertz CT molecular complexity index is 640. The molecule has 2 nitrogen and oxygen atoms in total. The second kappa shape index (κ2) is 7.02. The van der Waals surface area contributed by atoms with Gasteiger partial charge in [0.05, 0.1) is 0 Å². The van der Waals surface area contributed by atoms with Gasteiger partial charge in [0, 0.05) is 19.1 Å².